The minimum absolute atomic E-state index is 0.441. The maximum Gasteiger partial charge on any atom is 0.00831 e. The summed E-state index contributed by atoms with van der Waals surface area (Å²) >= 11 is 0. The van der Waals surface area contributed by atoms with Crippen LogP contribution in [-0.2, 0) is 5.41 Å². The highest BCUT2D eigenvalue weighted by atomic mass is 15.0. The van der Waals surface area contributed by atoms with E-state index in [0.29, 0.717) is 5.41 Å². The third-order valence-corrected chi connectivity index (χ3v) is 5.03. The molecule has 2 aliphatic carbocycles. The number of benzene rings is 1. The van der Waals surface area contributed by atoms with E-state index in [-0.39, 0.29) is 0 Å². The molecule has 2 fully saturated rings. The SMILES string of the molecule is CCCC1CC(CNC2CC2)(c2ccc(C)cc2)C1. The predicted octanol–water partition coefficient (Wildman–Crippen LogP) is 4.19. The highest BCUT2D eigenvalue weighted by Gasteiger charge is 2.45. The van der Waals surface area contributed by atoms with E-state index in [4.69, 9.17) is 0 Å². The maximum atomic E-state index is 3.78. The van der Waals surface area contributed by atoms with Crippen LogP contribution in [-0.4, -0.2) is 12.6 Å². The van der Waals surface area contributed by atoms with Gasteiger partial charge in [0.05, 0.1) is 0 Å². The van der Waals surface area contributed by atoms with E-state index in [1.807, 2.05) is 0 Å². The molecule has 19 heavy (non-hydrogen) atoms. The van der Waals surface area contributed by atoms with Gasteiger partial charge in [0.2, 0.25) is 0 Å². The van der Waals surface area contributed by atoms with E-state index in [9.17, 15) is 0 Å². The minimum atomic E-state index is 0.441. The van der Waals surface area contributed by atoms with Crippen molar-refractivity contribution in [2.45, 2.75) is 63.8 Å². The lowest BCUT2D eigenvalue weighted by Crippen LogP contribution is -2.49. The normalized spacial score (nSPS) is 30.1. The molecule has 0 aliphatic heterocycles. The molecule has 0 spiro atoms. The van der Waals surface area contributed by atoms with Crippen molar-refractivity contribution in [3.63, 3.8) is 0 Å². The molecular weight excluding hydrogens is 230 g/mol. The Morgan fingerprint density at radius 2 is 1.84 bits per heavy atom. The van der Waals surface area contributed by atoms with Crippen LogP contribution in [0.2, 0.25) is 0 Å². The third kappa shape index (κ3) is 2.86. The van der Waals surface area contributed by atoms with Crippen molar-refractivity contribution in [3.05, 3.63) is 35.4 Å². The molecule has 0 atom stereocenters. The number of hydrogen-bond donors (Lipinski definition) is 1. The summed E-state index contributed by atoms with van der Waals surface area (Å²) in [6, 6.07) is 10.1. The zero-order valence-electron chi connectivity index (χ0n) is 12.4. The van der Waals surface area contributed by atoms with Gasteiger partial charge in [-0.25, -0.2) is 0 Å². The van der Waals surface area contributed by atoms with Crippen molar-refractivity contribution in [1.29, 1.82) is 0 Å². The van der Waals surface area contributed by atoms with Gasteiger partial charge < -0.3 is 5.32 Å². The molecule has 0 amide bonds. The molecule has 1 aromatic carbocycles. The molecule has 0 heterocycles. The fourth-order valence-corrected chi connectivity index (χ4v) is 3.67. The lowest BCUT2D eigenvalue weighted by Gasteiger charge is -2.49. The Morgan fingerprint density at radius 3 is 2.42 bits per heavy atom. The zero-order chi connectivity index (χ0) is 13.3. The summed E-state index contributed by atoms with van der Waals surface area (Å²) in [7, 11) is 0. The minimum Gasteiger partial charge on any atom is -0.313 e. The molecule has 3 rings (SSSR count). The molecular formula is C18H27N. The highest BCUT2D eigenvalue weighted by molar-refractivity contribution is 5.32. The molecule has 0 radical (unpaired) electrons. The summed E-state index contributed by atoms with van der Waals surface area (Å²) in [5.41, 5.74) is 3.38. The van der Waals surface area contributed by atoms with Crippen LogP contribution in [0.15, 0.2) is 24.3 Å². The van der Waals surface area contributed by atoms with Crippen molar-refractivity contribution in [3.8, 4) is 0 Å². The molecule has 0 aromatic heterocycles. The van der Waals surface area contributed by atoms with Crippen molar-refractivity contribution < 1.29 is 0 Å². The van der Waals surface area contributed by atoms with Crippen LogP contribution in [0.5, 0.6) is 0 Å². The van der Waals surface area contributed by atoms with Crippen LogP contribution < -0.4 is 5.32 Å². The quantitative estimate of drug-likeness (QED) is 0.805. The molecule has 0 bridgehead atoms. The standard InChI is InChI=1S/C18H27N/c1-3-4-15-11-18(12-15,13-19-17-9-10-17)16-7-5-14(2)6-8-16/h5-8,15,17,19H,3-4,9-13H2,1-2H3. The topological polar surface area (TPSA) is 12.0 Å². The van der Waals surface area contributed by atoms with Crippen LogP contribution >= 0.6 is 0 Å². The Balaban J connectivity index is 1.70. The number of aryl methyl sites for hydroxylation is 1. The van der Waals surface area contributed by atoms with Crippen LogP contribution in [0, 0.1) is 12.8 Å². The Morgan fingerprint density at radius 1 is 1.16 bits per heavy atom. The first-order valence-corrected chi connectivity index (χ1v) is 8.02. The van der Waals surface area contributed by atoms with E-state index in [0.717, 1.165) is 12.0 Å². The van der Waals surface area contributed by atoms with Gasteiger partial charge in [0.1, 0.15) is 0 Å². The fourth-order valence-electron chi connectivity index (χ4n) is 3.67. The highest BCUT2D eigenvalue weighted by Crippen LogP contribution is 2.49. The predicted molar refractivity (Wildman–Crippen MR) is 81.5 cm³/mol. The molecule has 104 valence electrons. The lowest BCUT2D eigenvalue weighted by atomic mass is 9.57. The summed E-state index contributed by atoms with van der Waals surface area (Å²) in [6.45, 7) is 5.69. The molecule has 0 saturated heterocycles. The molecule has 1 aromatic rings. The molecule has 1 N–H and O–H groups in total. The lowest BCUT2D eigenvalue weighted by molar-refractivity contribution is 0.128. The van der Waals surface area contributed by atoms with Crippen molar-refractivity contribution in [2.24, 2.45) is 5.92 Å². The van der Waals surface area contributed by atoms with E-state index in [2.05, 4.69) is 43.4 Å². The molecule has 1 nitrogen and oxygen atoms in total. The van der Waals surface area contributed by atoms with Gasteiger partial charge in [-0.15, -0.1) is 0 Å². The summed E-state index contributed by atoms with van der Waals surface area (Å²) in [5.74, 6) is 0.965. The van der Waals surface area contributed by atoms with Gasteiger partial charge in [-0.1, -0.05) is 49.6 Å². The second-order valence-corrected chi connectivity index (χ2v) is 6.86. The van der Waals surface area contributed by atoms with Gasteiger partial charge >= 0.3 is 0 Å². The van der Waals surface area contributed by atoms with E-state index >= 15 is 0 Å². The van der Waals surface area contributed by atoms with Crippen LogP contribution in [0.25, 0.3) is 0 Å². The largest absolute Gasteiger partial charge is 0.313 e. The molecule has 2 saturated carbocycles. The molecule has 0 unspecified atom stereocenters. The van der Waals surface area contributed by atoms with Crippen LogP contribution in [0.4, 0.5) is 0 Å². The van der Waals surface area contributed by atoms with Gasteiger partial charge in [-0.3, -0.25) is 0 Å². The zero-order valence-corrected chi connectivity index (χ0v) is 12.4. The maximum absolute atomic E-state index is 3.78. The van der Waals surface area contributed by atoms with Gasteiger partial charge in [-0.2, -0.15) is 0 Å². The second kappa shape index (κ2) is 5.28. The van der Waals surface area contributed by atoms with Crippen molar-refractivity contribution in [2.75, 3.05) is 6.54 Å². The Hall–Kier alpha value is -0.820. The third-order valence-electron chi connectivity index (χ3n) is 5.03. The first-order valence-electron chi connectivity index (χ1n) is 8.02. The van der Waals surface area contributed by atoms with Crippen LogP contribution in [0.1, 0.15) is 56.6 Å². The number of rotatable bonds is 6. The Kier molecular flexibility index (Phi) is 3.66. The van der Waals surface area contributed by atoms with Crippen molar-refractivity contribution in [1.82, 2.24) is 5.32 Å². The van der Waals surface area contributed by atoms with E-state index < -0.39 is 0 Å². The van der Waals surface area contributed by atoms with Crippen molar-refractivity contribution >= 4 is 0 Å². The first kappa shape index (κ1) is 13.2. The smallest absolute Gasteiger partial charge is 0.00831 e. The van der Waals surface area contributed by atoms with Gasteiger partial charge in [0, 0.05) is 18.0 Å². The number of nitrogens with one attached hydrogen (secondary N) is 1. The van der Waals surface area contributed by atoms with E-state index in [1.54, 1.807) is 5.56 Å². The van der Waals surface area contributed by atoms with E-state index in [1.165, 1.54) is 50.6 Å². The molecule has 2 aliphatic rings. The number of hydrogen-bond acceptors (Lipinski definition) is 1. The summed E-state index contributed by atoms with van der Waals surface area (Å²) < 4.78 is 0. The molecule has 1 heteroatoms. The van der Waals surface area contributed by atoms with Gasteiger partial charge in [0.25, 0.3) is 0 Å². The summed E-state index contributed by atoms with van der Waals surface area (Å²) in [5, 5.41) is 3.78. The average Bonchev–Trinajstić information content (AvgIpc) is 3.17. The van der Waals surface area contributed by atoms with Gasteiger partial charge in [-0.05, 0) is 44.1 Å². The Labute approximate surface area is 117 Å². The Bertz CT molecular complexity index is 410. The van der Waals surface area contributed by atoms with Crippen LogP contribution in [0.3, 0.4) is 0 Å². The fraction of sp³-hybridized carbons (Fsp3) is 0.667. The summed E-state index contributed by atoms with van der Waals surface area (Å²) in [6.07, 6.45) is 8.32. The summed E-state index contributed by atoms with van der Waals surface area (Å²) in [4.78, 5) is 0. The first-order chi connectivity index (χ1) is 9.22. The van der Waals surface area contributed by atoms with Gasteiger partial charge in [0.15, 0.2) is 0 Å². The second-order valence-electron chi connectivity index (χ2n) is 6.86. The average molecular weight is 257 g/mol. The monoisotopic (exact) mass is 257 g/mol.